The monoisotopic (exact) mass is 222 g/mol. The summed E-state index contributed by atoms with van der Waals surface area (Å²) in [6.07, 6.45) is 4.98. The minimum atomic E-state index is 0.288. The first-order valence-electron chi connectivity index (χ1n) is 5.66. The van der Waals surface area contributed by atoms with Gasteiger partial charge in [-0.15, -0.1) is 0 Å². The highest BCUT2D eigenvalue weighted by molar-refractivity contribution is 5.21. The van der Waals surface area contributed by atoms with Crippen LogP contribution < -0.4 is 5.32 Å². The second-order valence-electron chi connectivity index (χ2n) is 4.04. The standard InChI is InChI=1S/C12H18N2O2/c1-10-6-13-4-2-11(10)7-14-8-12-3-5-15-9-16-12/h2,4,6,12,14H,3,5,7-9H2,1H3. The third-order valence-electron chi connectivity index (χ3n) is 2.80. The first-order chi connectivity index (χ1) is 7.86. The molecule has 4 heteroatoms. The van der Waals surface area contributed by atoms with E-state index in [0.717, 1.165) is 26.1 Å². The molecule has 0 aromatic carbocycles. The highest BCUT2D eigenvalue weighted by Gasteiger charge is 2.13. The van der Waals surface area contributed by atoms with Gasteiger partial charge in [0.15, 0.2) is 0 Å². The van der Waals surface area contributed by atoms with Crippen LogP contribution in [-0.2, 0) is 16.0 Å². The van der Waals surface area contributed by atoms with Gasteiger partial charge < -0.3 is 14.8 Å². The number of hydrogen-bond acceptors (Lipinski definition) is 4. The lowest BCUT2D eigenvalue weighted by Gasteiger charge is -2.23. The van der Waals surface area contributed by atoms with Crippen molar-refractivity contribution >= 4 is 0 Å². The Kier molecular flexibility index (Phi) is 4.27. The molecule has 1 aliphatic heterocycles. The Morgan fingerprint density at radius 2 is 2.50 bits per heavy atom. The van der Waals surface area contributed by atoms with E-state index in [1.807, 2.05) is 18.5 Å². The molecule has 1 aromatic rings. The summed E-state index contributed by atoms with van der Waals surface area (Å²) in [7, 11) is 0. The average Bonchev–Trinajstić information content (AvgIpc) is 2.33. The Hall–Kier alpha value is -0.970. The van der Waals surface area contributed by atoms with Crippen LogP contribution in [-0.4, -0.2) is 31.0 Å². The number of nitrogens with one attached hydrogen (secondary N) is 1. The topological polar surface area (TPSA) is 43.4 Å². The molecule has 0 amide bonds. The second-order valence-corrected chi connectivity index (χ2v) is 4.04. The SMILES string of the molecule is Cc1cnccc1CNCC1CCOCO1. The van der Waals surface area contributed by atoms with Gasteiger partial charge in [-0.3, -0.25) is 4.98 Å². The van der Waals surface area contributed by atoms with Crippen molar-refractivity contribution < 1.29 is 9.47 Å². The van der Waals surface area contributed by atoms with Gasteiger partial charge in [-0.05, 0) is 30.5 Å². The number of ether oxygens (including phenoxy) is 2. The van der Waals surface area contributed by atoms with Crippen LogP contribution in [0.15, 0.2) is 18.5 Å². The molecule has 1 fully saturated rings. The molecule has 0 radical (unpaired) electrons. The van der Waals surface area contributed by atoms with Crippen molar-refractivity contribution in [2.24, 2.45) is 0 Å². The first kappa shape index (κ1) is 11.5. The minimum absolute atomic E-state index is 0.288. The lowest BCUT2D eigenvalue weighted by molar-refractivity contribution is -0.137. The van der Waals surface area contributed by atoms with Gasteiger partial charge in [0.25, 0.3) is 0 Å². The average molecular weight is 222 g/mol. The maximum Gasteiger partial charge on any atom is 0.147 e. The molecular formula is C12H18N2O2. The minimum Gasteiger partial charge on any atom is -0.355 e. The number of nitrogens with zero attached hydrogens (tertiary/aromatic N) is 1. The zero-order valence-electron chi connectivity index (χ0n) is 9.61. The van der Waals surface area contributed by atoms with Crippen LogP contribution in [0.1, 0.15) is 17.5 Å². The molecule has 0 aliphatic carbocycles. The van der Waals surface area contributed by atoms with Gasteiger partial charge >= 0.3 is 0 Å². The fraction of sp³-hybridized carbons (Fsp3) is 0.583. The van der Waals surface area contributed by atoms with E-state index in [4.69, 9.17) is 9.47 Å². The molecule has 1 saturated heterocycles. The lowest BCUT2D eigenvalue weighted by atomic mass is 10.1. The van der Waals surface area contributed by atoms with E-state index >= 15 is 0 Å². The number of aryl methyl sites for hydroxylation is 1. The molecule has 1 atom stereocenters. The van der Waals surface area contributed by atoms with E-state index in [2.05, 4.69) is 17.2 Å². The van der Waals surface area contributed by atoms with Gasteiger partial charge in [0.1, 0.15) is 6.79 Å². The summed E-state index contributed by atoms with van der Waals surface area (Å²) >= 11 is 0. The van der Waals surface area contributed by atoms with Gasteiger partial charge in [0.05, 0.1) is 12.7 Å². The Morgan fingerprint density at radius 3 is 3.25 bits per heavy atom. The van der Waals surface area contributed by atoms with Crippen LogP contribution >= 0.6 is 0 Å². The summed E-state index contributed by atoms with van der Waals surface area (Å²) in [6, 6.07) is 2.05. The van der Waals surface area contributed by atoms with Crippen molar-refractivity contribution in [1.29, 1.82) is 0 Å². The first-order valence-corrected chi connectivity index (χ1v) is 5.66. The molecule has 2 heterocycles. The molecule has 0 spiro atoms. The van der Waals surface area contributed by atoms with E-state index in [1.54, 1.807) is 0 Å². The highest BCUT2D eigenvalue weighted by Crippen LogP contribution is 2.07. The molecule has 1 N–H and O–H groups in total. The normalized spacial score (nSPS) is 20.9. The molecule has 2 rings (SSSR count). The van der Waals surface area contributed by atoms with Crippen LogP contribution in [0, 0.1) is 6.92 Å². The summed E-state index contributed by atoms with van der Waals surface area (Å²) in [5, 5.41) is 3.40. The molecule has 1 aliphatic rings. The van der Waals surface area contributed by atoms with Crippen molar-refractivity contribution in [1.82, 2.24) is 10.3 Å². The molecule has 4 nitrogen and oxygen atoms in total. The zero-order valence-corrected chi connectivity index (χ0v) is 9.61. The van der Waals surface area contributed by atoms with Crippen molar-refractivity contribution in [3.63, 3.8) is 0 Å². The summed E-state index contributed by atoms with van der Waals surface area (Å²) in [5.41, 5.74) is 2.52. The third kappa shape index (κ3) is 3.27. The molecule has 0 bridgehead atoms. The Balaban J connectivity index is 1.73. The molecule has 88 valence electrons. The second kappa shape index (κ2) is 5.94. The molecule has 0 saturated carbocycles. The van der Waals surface area contributed by atoms with Gasteiger partial charge in [-0.25, -0.2) is 0 Å². The lowest BCUT2D eigenvalue weighted by Crippen LogP contribution is -2.33. The predicted molar refractivity (Wildman–Crippen MR) is 61.0 cm³/mol. The van der Waals surface area contributed by atoms with E-state index in [9.17, 15) is 0 Å². The number of aromatic nitrogens is 1. The van der Waals surface area contributed by atoms with E-state index in [-0.39, 0.29) is 6.10 Å². The number of rotatable bonds is 4. The summed E-state index contributed by atoms with van der Waals surface area (Å²) < 4.78 is 10.6. The van der Waals surface area contributed by atoms with Crippen LogP contribution in [0.5, 0.6) is 0 Å². The van der Waals surface area contributed by atoms with Crippen LogP contribution in [0.4, 0.5) is 0 Å². The Bertz CT molecular complexity index is 325. The number of pyridine rings is 1. The van der Waals surface area contributed by atoms with Gasteiger partial charge in [-0.2, -0.15) is 0 Å². The van der Waals surface area contributed by atoms with Crippen LogP contribution in [0.2, 0.25) is 0 Å². The van der Waals surface area contributed by atoms with E-state index in [1.165, 1.54) is 11.1 Å². The number of hydrogen-bond donors (Lipinski definition) is 1. The highest BCUT2D eigenvalue weighted by atomic mass is 16.7. The fourth-order valence-corrected chi connectivity index (χ4v) is 1.73. The van der Waals surface area contributed by atoms with Gasteiger partial charge in [0.2, 0.25) is 0 Å². The molecule has 16 heavy (non-hydrogen) atoms. The maximum absolute atomic E-state index is 5.45. The van der Waals surface area contributed by atoms with Crippen molar-refractivity contribution in [2.45, 2.75) is 26.0 Å². The van der Waals surface area contributed by atoms with Crippen LogP contribution in [0.25, 0.3) is 0 Å². The van der Waals surface area contributed by atoms with Gasteiger partial charge in [0, 0.05) is 25.5 Å². The van der Waals surface area contributed by atoms with Crippen LogP contribution in [0.3, 0.4) is 0 Å². The zero-order chi connectivity index (χ0) is 11.2. The Morgan fingerprint density at radius 1 is 1.56 bits per heavy atom. The van der Waals surface area contributed by atoms with Crippen molar-refractivity contribution in [3.05, 3.63) is 29.6 Å². The maximum atomic E-state index is 5.45. The summed E-state index contributed by atoms with van der Waals surface area (Å²) in [5.74, 6) is 0. The molecular weight excluding hydrogens is 204 g/mol. The largest absolute Gasteiger partial charge is 0.355 e. The summed E-state index contributed by atoms with van der Waals surface area (Å²) in [4.78, 5) is 4.07. The van der Waals surface area contributed by atoms with Crippen molar-refractivity contribution in [3.8, 4) is 0 Å². The van der Waals surface area contributed by atoms with Gasteiger partial charge in [-0.1, -0.05) is 0 Å². The Labute approximate surface area is 96.0 Å². The van der Waals surface area contributed by atoms with E-state index in [0.29, 0.717) is 6.79 Å². The van der Waals surface area contributed by atoms with E-state index < -0.39 is 0 Å². The third-order valence-corrected chi connectivity index (χ3v) is 2.80. The quantitative estimate of drug-likeness (QED) is 0.832. The smallest absolute Gasteiger partial charge is 0.147 e. The summed E-state index contributed by atoms with van der Waals surface area (Å²) in [6.45, 7) is 5.07. The fourth-order valence-electron chi connectivity index (χ4n) is 1.73. The van der Waals surface area contributed by atoms with Crippen molar-refractivity contribution in [2.75, 3.05) is 19.9 Å². The predicted octanol–water partition coefficient (Wildman–Crippen LogP) is 1.24. The molecule has 1 unspecified atom stereocenters. The molecule has 1 aromatic heterocycles.